The van der Waals surface area contributed by atoms with Gasteiger partial charge in [0.25, 0.3) is 0 Å². The molecule has 1 amide bonds. The van der Waals surface area contributed by atoms with Crippen molar-refractivity contribution in [2.24, 2.45) is 5.92 Å². The van der Waals surface area contributed by atoms with Crippen LogP contribution in [0.25, 0.3) is 11.0 Å². The van der Waals surface area contributed by atoms with E-state index in [4.69, 9.17) is 21.3 Å². The number of hydrogen-bond acceptors (Lipinski definition) is 5. The van der Waals surface area contributed by atoms with Crippen LogP contribution in [0.3, 0.4) is 0 Å². The first-order chi connectivity index (χ1) is 16.9. The zero-order valence-electron chi connectivity index (χ0n) is 19.9. The molecule has 3 aromatic rings. The minimum atomic E-state index is -0.736. The van der Waals surface area contributed by atoms with Crippen molar-refractivity contribution < 1.29 is 19.4 Å². The van der Waals surface area contributed by atoms with Crippen LogP contribution >= 0.6 is 11.6 Å². The van der Waals surface area contributed by atoms with Gasteiger partial charge in [-0.25, -0.2) is 9.78 Å². The van der Waals surface area contributed by atoms with Gasteiger partial charge in [0.15, 0.2) is 0 Å². The lowest BCUT2D eigenvalue weighted by atomic mass is 9.85. The van der Waals surface area contributed by atoms with Crippen LogP contribution < -0.4 is 4.90 Å². The summed E-state index contributed by atoms with van der Waals surface area (Å²) in [6.07, 6.45) is 6.41. The average Bonchev–Trinajstić information content (AvgIpc) is 3.23. The monoisotopic (exact) mass is 496 g/mol. The van der Waals surface area contributed by atoms with E-state index in [1.54, 1.807) is 11.1 Å². The summed E-state index contributed by atoms with van der Waals surface area (Å²) in [7, 11) is 1.40. The molecule has 1 aliphatic heterocycles. The largest absolute Gasteiger partial charge is 0.481 e. The van der Waals surface area contributed by atoms with Crippen molar-refractivity contribution in [2.45, 2.75) is 64.0 Å². The first kappa shape index (κ1) is 23.6. The number of aryl methyl sites for hydroxylation is 1. The van der Waals surface area contributed by atoms with E-state index in [-0.39, 0.29) is 24.1 Å². The van der Waals surface area contributed by atoms with Gasteiger partial charge in [0.1, 0.15) is 5.82 Å². The van der Waals surface area contributed by atoms with Gasteiger partial charge in [0.05, 0.1) is 34.8 Å². The number of carboxylic acids is 1. The lowest BCUT2D eigenvalue weighted by molar-refractivity contribution is -0.143. The third-order valence-corrected chi connectivity index (χ3v) is 7.61. The molecule has 1 saturated carbocycles. The van der Waals surface area contributed by atoms with Gasteiger partial charge < -0.3 is 14.4 Å². The van der Waals surface area contributed by atoms with E-state index in [0.717, 1.165) is 59.5 Å². The van der Waals surface area contributed by atoms with E-state index >= 15 is 0 Å². The fourth-order valence-electron chi connectivity index (χ4n) is 5.65. The van der Waals surface area contributed by atoms with Gasteiger partial charge in [-0.1, -0.05) is 18.0 Å². The number of ether oxygens (including phenoxy) is 1. The van der Waals surface area contributed by atoms with Gasteiger partial charge in [0.2, 0.25) is 0 Å². The fraction of sp³-hybridized carbons (Fsp3) is 0.462. The number of hydrogen-bond donors (Lipinski definition) is 1. The van der Waals surface area contributed by atoms with E-state index in [9.17, 15) is 14.7 Å². The van der Waals surface area contributed by atoms with Gasteiger partial charge >= 0.3 is 12.1 Å². The molecule has 1 fully saturated rings. The number of aromatic nitrogens is 3. The Morgan fingerprint density at radius 3 is 2.74 bits per heavy atom. The molecule has 8 nitrogen and oxygen atoms in total. The topological polar surface area (TPSA) is 97.5 Å². The van der Waals surface area contributed by atoms with Crippen molar-refractivity contribution in [3.63, 3.8) is 0 Å². The first-order valence-electron chi connectivity index (χ1n) is 12.1. The zero-order chi connectivity index (χ0) is 24.7. The van der Waals surface area contributed by atoms with E-state index in [0.29, 0.717) is 24.3 Å². The van der Waals surface area contributed by atoms with E-state index in [1.165, 1.54) is 7.11 Å². The van der Waals surface area contributed by atoms with Crippen LogP contribution in [0.1, 0.15) is 62.2 Å². The Morgan fingerprint density at radius 1 is 1.20 bits per heavy atom. The maximum atomic E-state index is 12.6. The number of nitrogens with zero attached hydrogens (tertiary/aromatic N) is 4. The van der Waals surface area contributed by atoms with Gasteiger partial charge in [-0.2, -0.15) is 0 Å². The number of carboxylic acid groups (broad SMARTS) is 1. The highest BCUT2D eigenvalue weighted by Crippen LogP contribution is 2.40. The Balaban J connectivity index is 1.65. The summed E-state index contributed by atoms with van der Waals surface area (Å²) < 4.78 is 7.29. The standard InChI is InChI=1S/C26H29ClN4O4/c1-15-6-9-20-21(30(15)26(34)35-2)10-11-22-24(20)29-23(13-18-8-7-17(27)14-28-18)31(22)19-5-3-4-16(12-19)25(32)33/h7-8,10-11,14-16,19H,3-6,9,12-13H2,1-2H3,(H,32,33)/t15-,16+,19+/m0/s1. The molecule has 0 saturated heterocycles. The molecular weight excluding hydrogens is 468 g/mol. The maximum absolute atomic E-state index is 12.6. The fourth-order valence-corrected chi connectivity index (χ4v) is 5.76. The SMILES string of the molecule is COC(=O)N1c2ccc3c(nc(Cc4ccc(Cl)cn4)n3[C@@H]3CCC[C@@H](C(=O)O)C3)c2CC[C@@H]1C. The number of pyridine rings is 1. The highest BCUT2D eigenvalue weighted by Gasteiger charge is 2.34. The summed E-state index contributed by atoms with van der Waals surface area (Å²) in [4.78, 5) is 35.6. The minimum absolute atomic E-state index is 0.0295. The highest BCUT2D eigenvalue weighted by molar-refractivity contribution is 6.30. The Labute approximate surface area is 208 Å². The van der Waals surface area contributed by atoms with Crippen molar-refractivity contribution in [1.82, 2.24) is 14.5 Å². The average molecular weight is 497 g/mol. The van der Waals surface area contributed by atoms with Crippen molar-refractivity contribution in [1.29, 1.82) is 0 Å². The summed E-state index contributed by atoms with van der Waals surface area (Å²) in [6.45, 7) is 2.02. The van der Waals surface area contributed by atoms with Crippen LogP contribution in [0.2, 0.25) is 5.02 Å². The molecule has 35 heavy (non-hydrogen) atoms. The molecule has 0 spiro atoms. The molecule has 0 radical (unpaired) electrons. The van der Waals surface area contributed by atoms with Crippen LogP contribution in [0.5, 0.6) is 0 Å². The Kier molecular flexibility index (Phi) is 6.40. The predicted octanol–water partition coefficient (Wildman–Crippen LogP) is 5.40. The van der Waals surface area contributed by atoms with Crippen LogP contribution in [0.4, 0.5) is 10.5 Å². The highest BCUT2D eigenvalue weighted by atomic mass is 35.5. The molecule has 5 rings (SSSR count). The molecule has 184 valence electrons. The molecule has 2 aromatic heterocycles. The number of fused-ring (bicyclic) bond motifs is 3. The van der Waals surface area contributed by atoms with Crippen LogP contribution in [-0.2, 0) is 22.4 Å². The predicted molar refractivity (Wildman–Crippen MR) is 133 cm³/mol. The quantitative estimate of drug-likeness (QED) is 0.519. The van der Waals surface area contributed by atoms with Gasteiger partial charge in [-0.3, -0.25) is 14.7 Å². The van der Waals surface area contributed by atoms with E-state index in [2.05, 4.69) is 9.55 Å². The second-order valence-corrected chi connectivity index (χ2v) is 9.99. The van der Waals surface area contributed by atoms with Gasteiger partial charge in [-0.15, -0.1) is 0 Å². The normalized spacial score (nSPS) is 22.1. The molecule has 3 atom stereocenters. The second-order valence-electron chi connectivity index (χ2n) is 9.56. The number of benzene rings is 1. The van der Waals surface area contributed by atoms with E-state index in [1.807, 2.05) is 31.2 Å². The summed E-state index contributed by atoms with van der Waals surface area (Å²) in [5.41, 5.74) is 4.54. The maximum Gasteiger partial charge on any atom is 0.414 e. The Bertz CT molecular complexity index is 1270. The number of halogens is 1. The smallest absolute Gasteiger partial charge is 0.414 e. The molecule has 2 aliphatic rings. The number of rotatable bonds is 4. The number of carbonyl (C=O) groups excluding carboxylic acids is 1. The second kappa shape index (κ2) is 9.49. The molecule has 0 unspecified atom stereocenters. The molecule has 1 aromatic carbocycles. The summed E-state index contributed by atoms with van der Waals surface area (Å²) in [5.74, 6) is -0.247. The number of aliphatic carboxylic acids is 1. The Morgan fingerprint density at radius 2 is 2.03 bits per heavy atom. The molecule has 0 bridgehead atoms. The molecule has 9 heteroatoms. The Hall–Kier alpha value is -3.13. The summed E-state index contributed by atoms with van der Waals surface area (Å²) in [5, 5.41) is 10.3. The molecule has 1 aliphatic carbocycles. The van der Waals surface area contributed by atoms with Crippen molar-refractivity contribution >= 4 is 40.4 Å². The number of methoxy groups -OCH3 is 1. The van der Waals surface area contributed by atoms with Crippen LogP contribution in [0, 0.1) is 5.92 Å². The van der Waals surface area contributed by atoms with Crippen molar-refractivity contribution in [3.05, 3.63) is 52.6 Å². The third kappa shape index (κ3) is 4.35. The number of amides is 1. The molecule has 3 heterocycles. The lowest BCUT2D eigenvalue weighted by Gasteiger charge is -2.34. The zero-order valence-corrected chi connectivity index (χ0v) is 20.7. The van der Waals surface area contributed by atoms with Crippen LogP contribution in [-0.4, -0.2) is 44.9 Å². The minimum Gasteiger partial charge on any atom is -0.481 e. The van der Waals surface area contributed by atoms with Crippen molar-refractivity contribution in [2.75, 3.05) is 12.0 Å². The van der Waals surface area contributed by atoms with Crippen molar-refractivity contribution in [3.8, 4) is 0 Å². The first-order valence-corrected chi connectivity index (χ1v) is 12.5. The number of imidazole rings is 1. The third-order valence-electron chi connectivity index (χ3n) is 7.39. The molecular formula is C26H29ClN4O4. The summed E-state index contributed by atoms with van der Waals surface area (Å²) >= 11 is 6.04. The van der Waals surface area contributed by atoms with Gasteiger partial charge in [0, 0.05) is 36.0 Å². The van der Waals surface area contributed by atoms with E-state index < -0.39 is 5.97 Å². The summed E-state index contributed by atoms with van der Waals surface area (Å²) in [6, 6.07) is 7.76. The van der Waals surface area contributed by atoms with Crippen LogP contribution in [0.15, 0.2) is 30.5 Å². The lowest BCUT2D eigenvalue weighted by Crippen LogP contribution is -2.42. The number of carbonyl (C=O) groups is 2. The van der Waals surface area contributed by atoms with Gasteiger partial charge in [-0.05, 0) is 63.3 Å². The number of anilines is 1. The molecule has 1 N–H and O–H groups in total.